The molecule has 1 aliphatic heterocycles. The minimum Gasteiger partial charge on any atom is -0.303 e. The summed E-state index contributed by atoms with van der Waals surface area (Å²) in [7, 11) is 0. The van der Waals surface area contributed by atoms with Gasteiger partial charge in [0.2, 0.25) is 0 Å². The van der Waals surface area contributed by atoms with E-state index in [9.17, 15) is 4.79 Å². The van der Waals surface area contributed by atoms with Gasteiger partial charge in [-0.1, -0.05) is 32.6 Å². The predicted octanol–water partition coefficient (Wildman–Crippen LogP) is 4.04. The first kappa shape index (κ1) is 14.6. The van der Waals surface area contributed by atoms with Crippen LogP contribution in [0.3, 0.4) is 0 Å². The van der Waals surface area contributed by atoms with E-state index in [4.69, 9.17) is 0 Å². The zero-order chi connectivity index (χ0) is 14.1. The van der Waals surface area contributed by atoms with Gasteiger partial charge in [-0.15, -0.1) is 0 Å². The average molecular weight is 277 g/mol. The number of piperidine rings is 1. The molecule has 2 saturated carbocycles. The number of rotatable bonds is 3. The van der Waals surface area contributed by atoms with Crippen molar-refractivity contribution in [1.82, 2.24) is 4.90 Å². The molecule has 3 aliphatic rings. The highest BCUT2D eigenvalue weighted by Crippen LogP contribution is 2.47. The summed E-state index contributed by atoms with van der Waals surface area (Å²) in [6.07, 6.45) is 14.7. The molecule has 0 bridgehead atoms. The Labute approximate surface area is 124 Å². The van der Waals surface area contributed by atoms with Gasteiger partial charge in [-0.05, 0) is 62.9 Å². The zero-order valence-electron chi connectivity index (χ0n) is 13.2. The van der Waals surface area contributed by atoms with Crippen molar-refractivity contribution in [2.75, 3.05) is 19.6 Å². The molecule has 20 heavy (non-hydrogen) atoms. The lowest BCUT2D eigenvalue weighted by atomic mass is 9.70. The summed E-state index contributed by atoms with van der Waals surface area (Å²) in [6.45, 7) is 5.84. The fourth-order valence-electron chi connectivity index (χ4n) is 5.24. The zero-order valence-corrected chi connectivity index (χ0v) is 13.2. The fourth-order valence-corrected chi connectivity index (χ4v) is 5.24. The largest absolute Gasteiger partial charge is 0.303 e. The molecule has 0 aromatic rings. The number of carbonyl (C=O) groups excluding carboxylic acids is 1. The summed E-state index contributed by atoms with van der Waals surface area (Å²) in [5.41, 5.74) is 0.683. The first-order valence-corrected chi connectivity index (χ1v) is 8.84. The number of nitrogens with zero attached hydrogens (tertiary/aromatic N) is 1. The Balaban J connectivity index is 1.56. The average Bonchev–Trinajstić information content (AvgIpc) is 2.90. The first-order valence-electron chi connectivity index (χ1n) is 8.84. The van der Waals surface area contributed by atoms with E-state index in [-0.39, 0.29) is 5.41 Å². The maximum absolute atomic E-state index is 11.7. The van der Waals surface area contributed by atoms with Crippen LogP contribution in [0.25, 0.3) is 0 Å². The van der Waals surface area contributed by atoms with Crippen LogP contribution in [-0.2, 0) is 4.79 Å². The maximum Gasteiger partial charge on any atom is 0.127 e. The Bertz CT molecular complexity index is 337. The normalized spacial score (nSPS) is 38.1. The molecule has 3 rings (SSSR count). The molecule has 3 fully saturated rings. The molecule has 2 unspecified atom stereocenters. The smallest absolute Gasteiger partial charge is 0.127 e. The van der Waals surface area contributed by atoms with Crippen molar-refractivity contribution in [3.63, 3.8) is 0 Å². The van der Waals surface area contributed by atoms with Crippen molar-refractivity contribution < 1.29 is 4.79 Å². The van der Waals surface area contributed by atoms with Crippen molar-refractivity contribution in [2.45, 2.75) is 71.1 Å². The lowest BCUT2D eigenvalue weighted by Crippen LogP contribution is -2.46. The summed E-state index contributed by atoms with van der Waals surface area (Å²) >= 11 is 0. The van der Waals surface area contributed by atoms with Crippen LogP contribution in [-0.4, -0.2) is 30.8 Å². The van der Waals surface area contributed by atoms with Crippen molar-refractivity contribution in [3.8, 4) is 0 Å². The van der Waals surface area contributed by atoms with Crippen LogP contribution in [0, 0.1) is 16.7 Å². The number of aldehydes is 1. The number of likely N-dealkylation sites (tertiary alicyclic amines) is 1. The Hall–Kier alpha value is -0.370. The summed E-state index contributed by atoms with van der Waals surface area (Å²) < 4.78 is 0. The van der Waals surface area contributed by atoms with E-state index in [0.717, 1.165) is 25.3 Å². The Morgan fingerprint density at radius 3 is 2.35 bits per heavy atom. The molecule has 1 heterocycles. The summed E-state index contributed by atoms with van der Waals surface area (Å²) in [5, 5.41) is 0. The highest BCUT2D eigenvalue weighted by Gasteiger charge is 2.40. The number of carbonyl (C=O) groups is 1. The molecule has 1 spiro atoms. The molecule has 0 aromatic heterocycles. The molecule has 114 valence electrons. The van der Waals surface area contributed by atoms with Crippen LogP contribution in [0.4, 0.5) is 0 Å². The molecule has 2 nitrogen and oxygen atoms in total. The van der Waals surface area contributed by atoms with Crippen LogP contribution in [0.5, 0.6) is 0 Å². The predicted molar refractivity (Wildman–Crippen MR) is 82.7 cm³/mol. The molecule has 1 saturated heterocycles. The minimum atomic E-state index is -0.0160. The fraction of sp³-hybridized carbons (Fsp3) is 0.944. The minimum absolute atomic E-state index is 0.0160. The van der Waals surface area contributed by atoms with Gasteiger partial charge in [0.15, 0.2) is 0 Å². The summed E-state index contributed by atoms with van der Waals surface area (Å²) in [4.78, 5) is 14.3. The van der Waals surface area contributed by atoms with Crippen molar-refractivity contribution >= 4 is 6.29 Å². The maximum atomic E-state index is 11.7. The van der Waals surface area contributed by atoms with E-state index in [0.29, 0.717) is 5.41 Å². The standard InChI is InChI=1S/C18H31NO/c1-16-5-4-8-18(13-16,15-20)14-19-11-9-17(10-12-19)6-2-3-7-17/h15-16H,2-14H2,1H3. The third-order valence-electron chi connectivity index (χ3n) is 6.50. The van der Waals surface area contributed by atoms with E-state index in [1.54, 1.807) is 0 Å². The van der Waals surface area contributed by atoms with E-state index >= 15 is 0 Å². The number of hydrogen-bond acceptors (Lipinski definition) is 2. The SMILES string of the molecule is CC1CCCC(C=O)(CN2CCC3(CCCC3)CC2)C1. The van der Waals surface area contributed by atoms with Gasteiger partial charge in [0, 0.05) is 12.0 Å². The van der Waals surface area contributed by atoms with Gasteiger partial charge < -0.3 is 9.69 Å². The van der Waals surface area contributed by atoms with E-state index in [1.165, 1.54) is 70.7 Å². The molecule has 0 radical (unpaired) electrons. The quantitative estimate of drug-likeness (QED) is 0.726. The third kappa shape index (κ3) is 2.95. The second-order valence-electron chi connectivity index (χ2n) is 8.17. The van der Waals surface area contributed by atoms with Gasteiger partial charge in [-0.2, -0.15) is 0 Å². The van der Waals surface area contributed by atoms with Gasteiger partial charge in [0.05, 0.1) is 0 Å². The Morgan fingerprint density at radius 2 is 1.75 bits per heavy atom. The number of hydrogen-bond donors (Lipinski definition) is 0. The van der Waals surface area contributed by atoms with Crippen LogP contribution in [0.2, 0.25) is 0 Å². The van der Waals surface area contributed by atoms with E-state index in [2.05, 4.69) is 11.8 Å². The Kier molecular flexibility index (Phi) is 4.21. The van der Waals surface area contributed by atoms with Gasteiger partial charge in [-0.25, -0.2) is 0 Å². The molecule has 0 amide bonds. The van der Waals surface area contributed by atoms with Crippen molar-refractivity contribution in [1.29, 1.82) is 0 Å². The van der Waals surface area contributed by atoms with Gasteiger partial charge >= 0.3 is 0 Å². The highest BCUT2D eigenvalue weighted by molar-refractivity contribution is 5.60. The molecular weight excluding hydrogens is 246 g/mol. The monoisotopic (exact) mass is 277 g/mol. The van der Waals surface area contributed by atoms with Crippen LogP contribution in [0.15, 0.2) is 0 Å². The highest BCUT2D eigenvalue weighted by atomic mass is 16.1. The summed E-state index contributed by atoms with van der Waals surface area (Å²) in [6, 6.07) is 0. The van der Waals surface area contributed by atoms with Gasteiger partial charge in [-0.3, -0.25) is 0 Å². The molecule has 2 aliphatic carbocycles. The van der Waals surface area contributed by atoms with Crippen LogP contribution < -0.4 is 0 Å². The molecule has 2 heteroatoms. The topological polar surface area (TPSA) is 20.3 Å². The van der Waals surface area contributed by atoms with Gasteiger partial charge in [0.1, 0.15) is 6.29 Å². The van der Waals surface area contributed by atoms with Crippen LogP contribution in [0.1, 0.15) is 71.1 Å². The Morgan fingerprint density at radius 1 is 1.05 bits per heavy atom. The molecule has 2 atom stereocenters. The van der Waals surface area contributed by atoms with E-state index < -0.39 is 0 Å². The second kappa shape index (κ2) is 5.79. The van der Waals surface area contributed by atoms with Crippen molar-refractivity contribution in [3.05, 3.63) is 0 Å². The first-order chi connectivity index (χ1) is 9.65. The van der Waals surface area contributed by atoms with Crippen LogP contribution >= 0.6 is 0 Å². The lowest BCUT2D eigenvalue weighted by Gasteiger charge is -2.44. The lowest BCUT2D eigenvalue weighted by molar-refractivity contribution is -0.120. The van der Waals surface area contributed by atoms with E-state index in [1.807, 2.05) is 0 Å². The molecule has 0 N–H and O–H groups in total. The van der Waals surface area contributed by atoms with Crippen molar-refractivity contribution in [2.24, 2.45) is 16.7 Å². The summed E-state index contributed by atoms with van der Waals surface area (Å²) in [5.74, 6) is 0.736. The van der Waals surface area contributed by atoms with Gasteiger partial charge in [0.25, 0.3) is 0 Å². The second-order valence-corrected chi connectivity index (χ2v) is 8.17. The third-order valence-corrected chi connectivity index (χ3v) is 6.50. The molecule has 0 aromatic carbocycles. The molecular formula is C18H31NO.